The second kappa shape index (κ2) is 7.40. The molecule has 1 rings (SSSR count). The molecular formula is C14H19BrN2O3. The van der Waals surface area contributed by atoms with E-state index < -0.39 is 11.8 Å². The van der Waals surface area contributed by atoms with E-state index in [1.165, 1.54) is 0 Å². The Morgan fingerprint density at radius 3 is 2.50 bits per heavy atom. The third kappa shape index (κ3) is 4.61. The van der Waals surface area contributed by atoms with Crippen LogP contribution in [0.25, 0.3) is 0 Å². The van der Waals surface area contributed by atoms with Gasteiger partial charge in [-0.3, -0.25) is 9.59 Å². The fourth-order valence-electron chi connectivity index (χ4n) is 1.47. The number of hydrogen-bond donors (Lipinski definition) is 3. The zero-order valence-corrected chi connectivity index (χ0v) is 13.3. The van der Waals surface area contributed by atoms with Crippen molar-refractivity contribution in [2.24, 2.45) is 5.92 Å². The molecule has 0 radical (unpaired) electrons. The van der Waals surface area contributed by atoms with Gasteiger partial charge in [0, 0.05) is 17.1 Å². The molecule has 1 aromatic carbocycles. The number of nitrogens with one attached hydrogen (secondary N) is 2. The second-order valence-corrected chi connectivity index (χ2v) is 5.71. The van der Waals surface area contributed by atoms with Crippen LogP contribution in [0.3, 0.4) is 0 Å². The highest BCUT2D eigenvalue weighted by molar-refractivity contribution is 9.10. The molecule has 0 fully saturated rings. The van der Waals surface area contributed by atoms with Crippen molar-refractivity contribution in [3.8, 4) is 0 Å². The molecule has 6 heteroatoms. The van der Waals surface area contributed by atoms with Crippen LogP contribution in [-0.4, -0.2) is 29.6 Å². The summed E-state index contributed by atoms with van der Waals surface area (Å²) in [5.41, 5.74) is 1.59. The zero-order chi connectivity index (χ0) is 15.3. The van der Waals surface area contributed by atoms with E-state index in [-0.39, 0.29) is 18.6 Å². The van der Waals surface area contributed by atoms with Gasteiger partial charge in [0.15, 0.2) is 0 Å². The van der Waals surface area contributed by atoms with Crippen molar-refractivity contribution in [2.45, 2.75) is 26.8 Å². The average Bonchev–Trinajstić information content (AvgIpc) is 2.40. The summed E-state index contributed by atoms with van der Waals surface area (Å²) in [5.74, 6) is -1.56. The Kier molecular flexibility index (Phi) is 6.16. The predicted octanol–water partition coefficient (Wildman–Crippen LogP) is 1.83. The quantitative estimate of drug-likeness (QED) is 0.730. The molecule has 0 spiro atoms. The molecule has 0 bridgehead atoms. The Balaban J connectivity index is 2.64. The molecule has 2 unspecified atom stereocenters. The molecule has 0 aliphatic rings. The monoisotopic (exact) mass is 342 g/mol. The van der Waals surface area contributed by atoms with Gasteiger partial charge in [-0.05, 0) is 53.4 Å². The van der Waals surface area contributed by atoms with Gasteiger partial charge in [0.2, 0.25) is 0 Å². The van der Waals surface area contributed by atoms with Crippen molar-refractivity contribution in [3.63, 3.8) is 0 Å². The van der Waals surface area contributed by atoms with E-state index in [0.717, 1.165) is 10.0 Å². The number of amides is 2. The van der Waals surface area contributed by atoms with Crippen LogP contribution >= 0.6 is 15.9 Å². The fourth-order valence-corrected chi connectivity index (χ4v) is 2.07. The number of halogens is 1. The predicted molar refractivity (Wildman–Crippen MR) is 81.4 cm³/mol. The first-order valence-electron chi connectivity index (χ1n) is 6.34. The van der Waals surface area contributed by atoms with Crippen molar-refractivity contribution < 1.29 is 14.7 Å². The van der Waals surface area contributed by atoms with Gasteiger partial charge in [-0.1, -0.05) is 13.0 Å². The van der Waals surface area contributed by atoms with Gasteiger partial charge < -0.3 is 15.7 Å². The van der Waals surface area contributed by atoms with Crippen molar-refractivity contribution in [1.82, 2.24) is 5.32 Å². The third-order valence-electron chi connectivity index (χ3n) is 3.08. The smallest absolute Gasteiger partial charge is 0.313 e. The van der Waals surface area contributed by atoms with Crippen molar-refractivity contribution >= 4 is 33.4 Å². The molecule has 3 N–H and O–H groups in total. The van der Waals surface area contributed by atoms with Crippen LogP contribution in [0.2, 0.25) is 0 Å². The van der Waals surface area contributed by atoms with Gasteiger partial charge >= 0.3 is 11.8 Å². The number of benzene rings is 1. The summed E-state index contributed by atoms with van der Waals surface area (Å²) in [6.45, 7) is 5.42. The Morgan fingerprint density at radius 1 is 1.30 bits per heavy atom. The van der Waals surface area contributed by atoms with Crippen LogP contribution in [0, 0.1) is 12.8 Å². The largest absolute Gasteiger partial charge is 0.396 e. The van der Waals surface area contributed by atoms with E-state index >= 15 is 0 Å². The lowest BCUT2D eigenvalue weighted by atomic mass is 10.1. The molecule has 20 heavy (non-hydrogen) atoms. The highest BCUT2D eigenvalue weighted by atomic mass is 79.9. The Bertz CT molecular complexity index is 505. The summed E-state index contributed by atoms with van der Waals surface area (Å²) >= 11 is 3.33. The van der Waals surface area contributed by atoms with Crippen LogP contribution in [0.4, 0.5) is 5.69 Å². The number of aryl methyl sites for hydroxylation is 1. The summed E-state index contributed by atoms with van der Waals surface area (Å²) in [6, 6.07) is 5.14. The first-order chi connectivity index (χ1) is 9.35. The molecule has 0 aliphatic heterocycles. The SMILES string of the molecule is Cc1ccc(NC(=O)C(=O)NC(C)C(C)CO)c(Br)c1. The van der Waals surface area contributed by atoms with Crippen LogP contribution in [-0.2, 0) is 9.59 Å². The maximum Gasteiger partial charge on any atom is 0.313 e. The molecule has 2 amide bonds. The van der Waals surface area contributed by atoms with Crippen LogP contribution in [0.1, 0.15) is 19.4 Å². The molecule has 0 aliphatic carbocycles. The summed E-state index contributed by atoms with van der Waals surface area (Å²) in [4.78, 5) is 23.5. The molecule has 0 heterocycles. The van der Waals surface area contributed by atoms with E-state index in [2.05, 4.69) is 26.6 Å². The summed E-state index contributed by atoms with van der Waals surface area (Å²) in [5, 5.41) is 14.1. The molecule has 1 aromatic rings. The number of rotatable bonds is 4. The lowest BCUT2D eigenvalue weighted by molar-refractivity contribution is -0.136. The normalized spacial score (nSPS) is 13.4. The summed E-state index contributed by atoms with van der Waals surface area (Å²) in [7, 11) is 0. The van der Waals surface area contributed by atoms with E-state index in [4.69, 9.17) is 5.11 Å². The zero-order valence-electron chi connectivity index (χ0n) is 11.7. The number of aliphatic hydroxyl groups excluding tert-OH is 1. The van der Waals surface area contributed by atoms with Crippen molar-refractivity contribution in [1.29, 1.82) is 0 Å². The van der Waals surface area contributed by atoms with Crippen molar-refractivity contribution in [2.75, 3.05) is 11.9 Å². The van der Waals surface area contributed by atoms with E-state index in [0.29, 0.717) is 5.69 Å². The van der Waals surface area contributed by atoms with E-state index in [1.54, 1.807) is 19.9 Å². The lowest BCUT2D eigenvalue weighted by Crippen LogP contribution is -2.44. The number of anilines is 1. The molecule has 0 aromatic heterocycles. The lowest BCUT2D eigenvalue weighted by Gasteiger charge is -2.18. The number of aliphatic hydroxyl groups is 1. The topological polar surface area (TPSA) is 78.4 Å². The van der Waals surface area contributed by atoms with Gasteiger partial charge in [-0.25, -0.2) is 0 Å². The van der Waals surface area contributed by atoms with Crippen LogP contribution in [0.5, 0.6) is 0 Å². The van der Waals surface area contributed by atoms with E-state index in [1.807, 2.05) is 19.1 Å². The maximum absolute atomic E-state index is 11.8. The molecule has 2 atom stereocenters. The standard InChI is InChI=1S/C14H19BrN2O3/c1-8-4-5-12(11(15)6-8)17-14(20)13(19)16-10(3)9(2)7-18/h4-6,9-10,18H,7H2,1-3H3,(H,16,19)(H,17,20). The first kappa shape index (κ1) is 16.7. The van der Waals surface area contributed by atoms with E-state index in [9.17, 15) is 9.59 Å². The van der Waals surface area contributed by atoms with Gasteiger partial charge in [-0.2, -0.15) is 0 Å². The number of carbonyl (C=O) groups is 2. The Hall–Kier alpha value is -1.40. The molecule has 0 saturated heterocycles. The minimum atomic E-state index is -0.730. The van der Waals surface area contributed by atoms with Crippen molar-refractivity contribution in [3.05, 3.63) is 28.2 Å². The maximum atomic E-state index is 11.8. The minimum Gasteiger partial charge on any atom is -0.396 e. The van der Waals surface area contributed by atoms with Gasteiger partial charge in [-0.15, -0.1) is 0 Å². The highest BCUT2D eigenvalue weighted by Crippen LogP contribution is 2.23. The third-order valence-corrected chi connectivity index (χ3v) is 3.74. The van der Waals surface area contributed by atoms with Gasteiger partial charge in [0.05, 0.1) is 5.69 Å². The highest BCUT2D eigenvalue weighted by Gasteiger charge is 2.20. The molecule has 0 saturated carbocycles. The molecule has 110 valence electrons. The Labute approximate surface area is 126 Å². The van der Waals surface area contributed by atoms with Gasteiger partial charge in [0.1, 0.15) is 0 Å². The second-order valence-electron chi connectivity index (χ2n) is 4.86. The number of hydrogen-bond acceptors (Lipinski definition) is 3. The van der Waals surface area contributed by atoms with Gasteiger partial charge in [0.25, 0.3) is 0 Å². The summed E-state index contributed by atoms with van der Waals surface area (Å²) in [6.07, 6.45) is 0. The number of carbonyl (C=O) groups excluding carboxylic acids is 2. The Morgan fingerprint density at radius 2 is 1.95 bits per heavy atom. The fraction of sp³-hybridized carbons (Fsp3) is 0.429. The van der Waals surface area contributed by atoms with Crippen LogP contribution < -0.4 is 10.6 Å². The summed E-state index contributed by atoms with van der Waals surface area (Å²) < 4.78 is 0.718. The first-order valence-corrected chi connectivity index (χ1v) is 7.13. The van der Waals surface area contributed by atoms with Crippen LogP contribution in [0.15, 0.2) is 22.7 Å². The molecule has 5 nitrogen and oxygen atoms in total. The molecular weight excluding hydrogens is 324 g/mol. The average molecular weight is 343 g/mol. The minimum absolute atomic E-state index is 0.0490.